The van der Waals surface area contributed by atoms with Crippen LogP contribution in [-0.4, -0.2) is 31.6 Å². The molecule has 0 fully saturated rings. The van der Waals surface area contributed by atoms with E-state index in [-0.39, 0.29) is 11.4 Å². The fraction of sp³-hybridized carbons (Fsp3) is 0.143. The standard InChI is InChI=1S/C21H20N2O4S/c1-15(12-13-28(2,25)26)22-20(24)18-14-16-8-6-7-11-19(16)23-21(18)27-17-9-4-3-5-10-17/h3-15H,1-2H3,(H,22,24). The third-order valence-electron chi connectivity index (χ3n) is 3.86. The molecule has 0 aliphatic rings. The van der Waals surface area contributed by atoms with Crippen LogP contribution in [0.25, 0.3) is 10.9 Å². The summed E-state index contributed by atoms with van der Waals surface area (Å²) in [5, 5.41) is 4.62. The second kappa shape index (κ2) is 8.22. The Kier molecular flexibility index (Phi) is 5.75. The number of benzene rings is 2. The number of nitrogens with zero attached hydrogens (tertiary/aromatic N) is 1. The number of hydrogen-bond acceptors (Lipinski definition) is 5. The van der Waals surface area contributed by atoms with Gasteiger partial charge in [-0.05, 0) is 31.2 Å². The van der Waals surface area contributed by atoms with Gasteiger partial charge >= 0.3 is 0 Å². The van der Waals surface area contributed by atoms with Crippen LogP contribution in [0.3, 0.4) is 0 Å². The molecule has 1 N–H and O–H groups in total. The molecule has 0 spiro atoms. The van der Waals surface area contributed by atoms with Crippen LogP contribution in [0.4, 0.5) is 0 Å². The zero-order chi connectivity index (χ0) is 20.1. The van der Waals surface area contributed by atoms with Crippen molar-refractivity contribution < 1.29 is 17.9 Å². The maximum atomic E-state index is 12.8. The fourth-order valence-corrected chi connectivity index (χ4v) is 3.05. The minimum Gasteiger partial charge on any atom is -0.438 e. The molecule has 3 aromatic rings. The van der Waals surface area contributed by atoms with Crippen molar-refractivity contribution in [2.45, 2.75) is 13.0 Å². The Hall–Kier alpha value is -3.19. The number of carbonyl (C=O) groups excluding carboxylic acids is 1. The lowest BCUT2D eigenvalue weighted by Gasteiger charge is -2.14. The second-order valence-electron chi connectivity index (χ2n) is 6.37. The van der Waals surface area contributed by atoms with Gasteiger partial charge in [0.05, 0.1) is 5.52 Å². The van der Waals surface area contributed by atoms with E-state index in [1.54, 1.807) is 25.1 Å². The third-order valence-corrected chi connectivity index (χ3v) is 4.52. The van der Waals surface area contributed by atoms with Crippen LogP contribution >= 0.6 is 0 Å². The lowest BCUT2D eigenvalue weighted by molar-refractivity contribution is 0.0944. The van der Waals surface area contributed by atoms with Crippen molar-refractivity contribution in [3.05, 3.63) is 77.7 Å². The molecule has 1 heterocycles. The lowest BCUT2D eigenvalue weighted by Crippen LogP contribution is -2.31. The van der Waals surface area contributed by atoms with Crippen LogP contribution in [0.5, 0.6) is 11.6 Å². The van der Waals surface area contributed by atoms with Gasteiger partial charge in [-0.2, -0.15) is 0 Å². The van der Waals surface area contributed by atoms with Gasteiger partial charge in [-0.1, -0.05) is 42.5 Å². The zero-order valence-electron chi connectivity index (χ0n) is 15.5. The lowest BCUT2D eigenvalue weighted by atomic mass is 10.1. The molecule has 0 aliphatic heterocycles. The SMILES string of the molecule is CC(C=CS(C)(=O)=O)NC(=O)c1cc2ccccc2nc1Oc1ccccc1. The molecule has 0 aliphatic carbocycles. The van der Waals surface area contributed by atoms with E-state index < -0.39 is 21.8 Å². The molecule has 1 unspecified atom stereocenters. The number of amides is 1. The molecule has 7 heteroatoms. The van der Waals surface area contributed by atoms with E-state index in [1.165, 1.54) is 6.08 Å². The summed E-state index contributed by atoms with van der Waals surface area (Å²) >= 11 is 0. The minimum atomic E-state index is -3.27. The van der Waals surface area contributed by atoms with Gasteiger partial charge in [0.25, 0.3) is 5.91 Å². The van der Waals surface area contributed by atoms with Crippen molar-refractivity contribution in [2.75, 3.05) is 6.26 Å². The highest BCUT2D eigenvalue weighted by Gasteiger charge is 2.18. The van der Waals surface area contributed by atoms with Crippen LogP contribution in [0.15, 0.2) is 72.1 Å². The monoisotopic (exact) mass is 396 g/mol. The molecule has 0 saturated carbocycles. The summed E-state index contributed by atoms with van der Waals surface area (Å²) in [6, 6.07) is 17.7. The Labute approximate surface area is 163 Å². The second-order valence-corrected chi connectivity index (χ2v) is 8.30. The van der Waals surface area contributed by atoms with Gasteiger partial charge in [-0.25, -0.2) is 13.4 Å². The summed E-state index contributed by atoms with van der Waals surface area (Å²) in [5.74, 6) is 0.334. The van der Waals surface area contributed by atoms with Gasteiger partial charge in [0.15, 0.2) is 9.84 Å². The average Bonchev–Trinajstić information content (AvgIpc) is 2.66. The van der Waals surface area contributed by atoms with Crippen molar-refractivity contribution >= 4 is 26.6 Å². The molecule has 0 saturated heterocycles. The number of sulfone groups is 1. The predicted octanol–water partition coefficient (Wildman–Crippen LogP) is 3.70. The van der Waals surface area contributed by atoms with E-state index in [2.05, 4.69) is 10.3 Å². The third kappa shape index (κ3) is 5.17. The number of para-hydroxylation sites is 2. The topological polar surface area (TPSA) is 85.4 Å². The van der Waals surface area contributed by atoms with Crippen LogP contribution in [0.1, 0.15) is 17.3 Å². The van der Waals surface area contributed by atoms with Gasteiger partial charge in [0, 0.05) is 23.1 Å². The van der Waals surface area contributed by atoms with Crippen molar-refractivity contribution in [2.24, 2.45) is 0 Å². The van der Waals surface area contributed by atoms with Gasteiger partial charge in [-0.3, -0.25) is 4.79 Å². The van der Waals surface area contributed by atoms with Gasteiger partial charge in [-0.15, -0.1) is 0 Å². The molecule has 144 valence electrons. The Balaban J connectivity index is 1.94. The van der Waals surface area contributed by atoms with Crippen LogP contribution in [0, 0.1) is 0 Å². The smallest absolute Gasteiger partial charge is 0.257 e. The first kappa shape index (κ1) is 19.6. The molecule has 1 amide bonds. The number of carbonyl (C=O) groups is 1. The van der Waals surface area contributed by atoms with Gasteiger partial charge in [0.1, 0.15) is 11.3 Å². The average molecular weight is 396 g/mol. The quantitative estimate of drug-likeness (QED) is 0.687. The molecule has 0 bridgehead atoms. The van der Waals surface area contributed by atoms with E-state index >= 15 is 0 Å². The van der Waals surface area contributed by atoms with E-state index in [9.17, 15) is 13.2 Å². The van der Waals surface area contributed by atoms with Crippen molar-refractivity contribution in [3.8, 4) is 11.6 Å². The zero-order valence-corrected chi connectivity index (χ0v) is 16.3. The largest absolute Gasteiger partial charge is 0.438 e. The Morgan fingerprint density at radius 1 is 1.11 bits per heavy atom. The first-order valence-corrected chi connectivity index (χ1v) is 10.6. The number of ether oxygens (including phenoxy) is 1. The summed E-state index contributed by atoms with van der Waals surface area (Å²) in [4.78, 5) is 17.3. The van der Waals surface area contributed by atoms with Gasteiger partial charge < -0.3 is 10.1 Å². The first-order valence-electron chi connectivity index (χ1n) is 8.63. The number of fused-ring (bicyclic) bond motifs is 1. The normalized spacial score (nSPS) is 12.8. The van der Waals surface area contributed by atoms with Crippen LogP contribution in [0.2, 0.25) is 0 Å². The Morgan fingerprint density at radius 2 is 1.79 bits per heavy atom. The number of hydrogen-bond donors (Lipinski definition) is 1. The Bertz CT molecular complexity index is 1130. The summed E-state index contributed by atoms with van der Waals surface area (Å²) < 4.78 is 28.4. The molecule has 1 aromatic heterocycles. The van der Waals surface area contributed by atoms with Crippen molar-refractivity contribution in [3.63, 3.8) is 0 Å². The molecule has 0 radical (unpaired) electrons. The van der Waals surface area contributed by atoms with Gasteiger partial charge in [0.2, 0.25) is 5.88 Å². The highest BCUT2D eigenvalue weighted by Crippen LogP contribution is 2.27. The summed E-state index contributed by atoms with van der Waals surface area (Å²) in [6.45, 7) is 1.69. The molecule has 3 rings (SSSR count). The molecular formula is C21H20N2O4S. The highest BCUT2D eigenvalue weighted by atomic mass is 32.2. The number of aromatic nitrogens is 1. The van der Waals surface area contributed by atoms with Crippen LogP contribution < -0.4 is 10.1 Å². The maximum Gasteiger partial charge on any atom is 0.257 e. The van der Waals surface area contributed by atoms with E-state index in [0.29, 0.717) is 11.3 Å². The predicted molar refractivity (Wildman–Crippen MR) is 109 cm³/mol. The van der Waals surface area contributed by atoms with E-state index in [4.69, 9.17) is 4.74 Å². The maximum absolute atomic E-state index is 12.8. The molecule has 1 atom stereocenters. The summed E-state index contributed by atoms with van der Waals surface area (Å²) in [7, 11) is -3.27. The first-order chi connectivity index (χ1) is 13.3. The minimum absolute atomic E-state index is 0.182. The Morgan fingerprint density at radius 3 is 2.50 bits per heavy atom. The molecule has 6 nitrogen and oxygen atoms in total. The number of nitrogens with one attached hydrogen (secondary N) is 1. The van der Waals surface area contributed by atoms with E-state index in [0.717, 1.165) is 17.1 Å². The molecule has 28 heavy (non-hydrogen) atoms. The van der Waals surface area contributed by atoms with Crippen LogP contribution in [-0.2, 0) is 9.84 Å². The van der Waals surface area contributed by atoms with E-state index in [1.807, 2.05) is 42.5 Å². The molecular weight excluding hydrogens is 376 g/mol. The van der Waals surface area contributed by atoms with Crippen molar-refractivity contribution in [1.82, 2.24) is 10.3 Å². The summed E-state index contributed by atoms with van der Waals surface area (Å²) in [6.07, 6.45) is 2.51. The highest BCUT2D eigenvalue weighted by molar-refractivity contribution is 7.93. The van der Waals surface area contributed by atoms with Crippen molar-refractivity contribution in [1.29, 1.82) is 0 Å². The number of pyridine rings is 1. The fourth-order valence-electron chi connectivity index (χ4n) is 2.53. The number of rotatable bonds is 6. The summed E-state index contributed by atoms with van der Waals surface area (Å²) in [5.41, 5.74) is 0.970. The molecule has 2 aromatic carbocycles.